The van der Waals surface area contributed by atoms with Crippen molar-refractivity contribution >= 4 is 52.1 Å². The fraction of sp³-hybridized carbons (Fsp3) is 0.0435. The van der Waals surface area contributed by atoms with Crippen LogP contribution in [0.25, 0.3) is 0 Å². The van der Waals surface area contributed by atoms with Gasteiger partial charge in [-0.2, -0.15) is 0 Å². The number of pyridine rings is 1. The minimum atomic E-state index is -0.552. The minimum Gasteiger partial charge on any atom is -0.340 e. The van der Waals surface area contributed by atoms with Gasteiger partial charge in [0, 0.05) is 29.3 Å². The number of carbonyl (C=O) groups excluding carboxylic acids is 1. The van der Waals surface area contributed by atoms with E-state index in [9.17, 15) is 9.18 Å². The summed E-state index contributed by atoms with van der Waals surface area (Å²) in [4.78, 5) is 24.9. The Morgan fingerprint density at radius 2 is 1.42 bits per heavy atom. The Labute approximate surface area is 194 Å². The second-order valence-corrected chi connectivity index (χ2v) is 7.45. The average molecular weight is 464 g/mol. The number of amides is 2. The van der Waals surface area contributed by atoms with Crippen molar-refractivity contribution in [3.63, 3.8) is 0 Å². The van der Waals surface area contributed by atoms with Crippen molar-refractivity contribution in [1.82, 2.24) is 15.0 Å². The van der Waals surface area contributed by atoms with Gasteiger partial charge in [0.25, 0.3) is 0 Å². The predicted octanol–water partition coefficient (Wildman–Crippen LogP) is 6.10. The lowest BCUT2D eigenvalue weighted by molar-refractivity contribution is 0.262. The first-order valence-corrected chi connectivity index (χ1v) is 10.2. The number of halogens is 2. The minimum absolute atomic E-state index is 0.0681. The Balaban J connectivity index is 1.35. The number of nitrogens with zero attached hydrogens (tertiary/aromatic N) is 3. The molecule has 2 aromatic carbocycles. The van der Waals surface area contributed by atoms with Crippen LogP contribution in [-0.4, -0.2) is 21.0 Å². The Bertz CT molecular complexity index is 1280. The van der Waals surface area contributed by atoms with Gasteiger partial charge >= 0.3 is 6.03 Å². The van der Waals surface area contributed by atoms with Crippen molar-refractivity contribution in [2.75, 3.05) is 21.3 Å². The second kappa shape index (κ2) is 9.92. The summed E-state index contributed by atoms with van der Waals surface area (Å²) in [5.41, 5.74) is 2.81. The number of rotatable bonds is 6. The van der Waals surface area contributed by atoms with Crippen LogP contribution in [0.15, 0.2) is 73.2 Å². The van der Waals surface area contributed by atoms with Gasteiger partial charge in [-0.1, -0.05) is 11.6 Å². The van der Waals surface area contributed by atoms with Crippen LogP contribution in [-0.2, 0) is 0 Å². The van der Waals surface area contributed by atoms with Crippen LogP contribution in [0.5, 0.6) is 0 Å². The zero-order valence-electron chi connectivity index (χ0n) is 17.4. The number of benzene rings is 2. The molecule has 10 heteroatoms. The molecule has 166 valence electrons. The fourth-order valence-electron chi connectivity index (χ4n) is 2.88. The summed E-state index contributed by atoms with van der Waals surface area (Å²) >= 11 is 5.73. The number of aromatic nitrogens is 3. The maximum Gasteiger partial charge on any atom is 0.323 e. The quantitative estimate of drug-likeness (QED) is 0.275. The molecule has 0 bridgehead atoms. The number of aryl methyl sites for hydroxylation is 1. The molecule has 4 N–H and O–H groups in total. The summed E-state index contributed by atoms with van der Waals surface area (Å²) in [6.07, 6.45) is 3.17. The lowest BCUT2D eigenvalue weighted by atomic mass is 10.2. The van der Waals surface area contributed by atoms with Crippen LogP contribution in [0.1, 0.15) is 5.56 Å². The highest BCUT2D eigenvalue weighted by Crippen LogP contribution is 2.22. The van der Waals surface area contributed by atoms with E-state index >= 15 is 0 Å². The van der Waals surface area contributed by atoms with Crippen LogP contribution in [0, 0.1) is 12.7 Å². The van der Waals surface area contributed by atoms with E-state index in [4.69, 9.17) is 11.6 Å². The fourth-order valence-corrected chi connectivity index (χ4v) is 3.06. The zero-order chi connectivity index (χ0) is 23.2. The Morgan fingerprint density at radius 1 is 0.788 bits per heavy atom. The molecule has 0 spiro atoms. The SMILES string of the molecule is Cc1ccnc(Nc2cc(Nc3ccc(NC(=O)Nc4ccc(F)c(Cl)c4)cc3)ncn2)c1. The lowest BCUT2D eigenvalue weighted by Crippen LogP contribution is -2.19. The zero-order valence-corrected chi connectivity index (χ0v) is 18.2. The molecule has 0 unspecified atom stereocenters. The molecule has 0 radical (unpaired) electrons. The van der Waals surface area contributed by atoms with Crippen molar-refractivity contribution in [3.8, 4) is 0 Å². The van der Waals surface area contributed by atoms with Crippen LogP contribution in [0.4, 0.5) is 43.7 Å². The number of urea groups is 1. The molecular formula is C23H19ClFN7O. The molecule has 0 atom stereocenters. The largest absolute Gasteiger partial charge is 0.340 e. The predicted molar refractivity (Wildman–Crippen MR) is 128 cm³/mol. The van der Waals surface area contributed by atoms with E-state index in [2.05, 4.69) is 36.2 Å². The Kier molecular flexibility index (Phi) is 6.61. The smallest absolute Gasteiger partial charge is 0.323 e. The molecule has 0 aliphatic heterocycles. The number of nitrogens with one attached hydrogen (secondary N) is 4. The second-order valence-electron chi connectivity index (χ2n) is 7.04. The van der Waals surface area contributed by atoms with Crippen molar-refractivity contribution in [1.29, 1.82) is 0 Å². The maximum atomic E-state index is 13.2. The van der Waals surface area contributed by atoms with Gasteiger partial charge in [0.05, 0.1) is 5.02 Å². The van der Waals surface area contributed by atoms with E-state index < -0.39 is 11.8 Å². The molecule has 8 nitrogen and oxygen atoms in total. The van der Waals surface area contributed by atoms with Crippen LogP contribution in [0.3, 0.4) is 0 Å². The molecule has 0 saturated carbocycles. The van der Waals surface area contributed by atoms with Gasteiger partial charge in [0.15, 0.2) is 0 Å². The highest BCUT2D eigenvalue weighted by atomic mass is 35.5. The molecule has 0 aliphatic carbocycles. The number of anilines is 6. The summed E-state index contributed by atoms with van der Waals surface area (Å²) < 4.78 is 13.2. The third-order valence-corrected chi connectivity index (χ3v) is 4.72. The lowest BCUT2D eigenvalue weighted by Gasteiger charge is -2.10. The summed E-state index contributed by atoms with van der Waals surface area (Å²) in [6.45, 7) is 1.99. The molecule has 0 fully saturated rings. The van der Waals surface area contributed by atoms with E-state index in [1.807, 2.05) is 19.1 Å². The van der Waals surface area contributed by atoms with Crippen LogP contribution < -0.4 is 21.3 Å². The van der Waals surface area contributed by atoms with Crippen molar-refractivity contribution < 1.29 is 9.18 Å². The van der Waals surface area contributed by atoms with Gasteiger partial charge < -0.3 is 21.3 Å². The third kappa shape index (κ3) is 6.14. The van der Waals surface area contributed by atoms with Gasteiger partial charge in [0.1, 0.15) is 29.6 Å². The van der Waals surface area contributed by atoms with Crippen molar-refractivity contribution in [3.05, 3.63) is 89.6 Å². The first-order valence-electron chi connectivity index (χ1n) is 9.86. The standard InChI is InChI=1S/C23H19ClFN7O/c1-14-8-9-26-20(10-14)32-22-12-21(27-13-28-22)29-15-2-4-16(5-3-15)30-23(33)31-17-6-7-19(25)18(24)11-17/h2-13H,1H3,(H2,30,31,33)(H2,26,27,28,29,32). The highest BCUT2D eigenvalue weighted by Gasteiger charge is 2.06. The summed E-state index contributed by atoms with van der Waals surface area (Å²) in [5, 5.41) is 11.6. The topological polar surface area (TPSA) is 104 Å². The number of hydrogen-bond donors (Lipinski definition) is 4. The maximum absolute atomic E-state index is 13.2. The van der Waals surface area contributed by atoms with Gasteiger partial charge in [-0.3, -0.25) is 0 Å². The molecule has 2 heterocycles. The third-order valence-electron chi connectivity index (χ3n) is 4.43. The van der Waals surface area contributed by atoms with E-state index in [0.29, 0.717) is 28.8 Å². The number of carbonyl (C=O) groups is 1. The van der Waals surface area contributed by atoms with Crippen LogP contribution >= 0.6 is 11.6 Å². The van der Waals surface area contributed by atoms with Gasteiger partial charge in [-0.15, -0.1) is 0 Å². The Morgan fingerprint density at radius 3 is 2.15 bits per heavy atom. The summed E-state index contributed by atoms with van der Waals surface area (Å²) in [7, 11) is 0. The molecule has 0 aliphatic rings. The first-order chi connectivity index (χ1) is 15.9. The monoisotopic (exact) mass is 463 g/mol. The highest BCUT2D eigenvalue weighted by molar-refractivity contribution is 6.31. The molecule has 33 heavy (non-hydrogen) atoms. The van der Waals surface area contributed by atoms with Crippen molar-refractivity contribution in [2.24, 2.45) is 0 Å². The van der Waals surface area contributed by atoms with E-state index in [-0.39, 0.29) is 5.02 Å². The Hall–Kier alpha value is -4.24. The normalized spacial score (nSPS) is 10.4. The van der Waals surface area contributed by atoms with Gasteiger partial charge in [0.2, 0.25) is 0 Å². The van der Waals surface area contributed by atoms with E-state index in [1.54, 1.807) is 36.5 Å². The average Bonchev–Trinajstić information content (AvgIpc) is 2.78. The van der Waals surface area contributed by atoms with E-state index in [1.165, 1.54) is 24.5 Å². The van der Waals surface area contributed by atoms with Crippen molar-refractivity contribution in [2.45, 2.75) is 6.92 Å². The number of hydrogen-bond acceptors (Lipinski definition) is 6. The molecule has 4 aromatic rings. The molecular weight excluding hydrogens is 445 g/mol. The summed E-state index contributed by atoms with van der Waals surface area (Å²) in [5.74, 6) is 1.33. The van der Waals surface area contributed by atoms with Gasteiger partial charge in [-0.05, 0) is 67.1 Å². The van der Waals surface area contributed by atoms with E-state index in [0.717, 1.165) is 11.3 Å². The molecule has 0 saturated heterocycles. The molecule has 2 amide bonds. The summed E-state index contributed by atoms with van der Waals surface area (Å²) in [6, 6.07) is 16.1. The van der Waals surface area contributed by atoms with Gasteiger partial charge in [-0.25, -0.2) is 24.1 Å². The first kappa shape index (κ1) is 22.0. The molecule has 4 rings (SSSR count). The molecule has 2 aromatic heterocycles. The van der Waals surface area contributed by atoms with Crippen LogP contribution in [0.2, 0.25) is 5.02 Å².